The summed E-state index contributed by atoms with van der Waals surface area (Å²) in [5.74, 6) is -0.862. The maximum Gasteiger partial charge on any atom is 0.346 e. The number of H-pyrrole nitrogens is 1. The van der Waals surface area contributed by atoms with Crippen molar-refractivity contribution in [2.24, 2.45) is 0 Å². The smallest absolute Gasteiger partial charge is 0.346 e. The fourth-order valence-electron chi connectivity index (χ4n) is 2.04. The summed E-state index contributed by atoms with van der Waals surface area (Å²) in [5, 5.41) is 12.0. The van der Waals surface area contributed by atoms with Crippen molar-refractivity contribution in [3.8, 4) is 0 Å². The van der Waals surface area contributed by atoms with Crippen molar-refractivity contribution in [3.05, 3.63) is 52.0 Å². The molecule has 0 aliphatic rings. The van der Waals surface area contributed by atoms with Crippen LogP contribution in [0.1, 0.15) is 20.8 Å². The summed E-state index contributed by atoms with van der Waals surface area (Å²) in [6.07, 6.45) is 4.19. The second-order valence-electron chi connectivity index (χ2n) is 3.97. The third kappa shape index (κ3) is 1.78. The molecule has 0 atom stereocenters. The van der Waals surface area contributed by atoms with Crippen molar-refractivity contribution < 1.29 is 9.90 Å². The van der Waals surface area contributed by atoms with Gasteiger partial charge in [0.05, 0.1) is 0 Å². The lowest BCUT2D eigenvalue weighted by molar-refractivity contribution is 0.0701. The lowest BCUT2D eigenvalue weighted by atomic mass is 10.0. The molecule has 5 heteroatoms. The molecule has 3 aromatic heterocycles. The minimum absolute atomic E-state index is 0.412. The Morgan fingerprint density at radius 1 is 1.33 bits per heavy atom. The average molecular weight is 258 g/mol. The van der Waals surface area contributed by atoms with Crippen LogP contribution >= 0.6 is 11.3 Å². The number of thiophene rings is 1. The highest BCUT2D eigenvalue weighted by Gasteiger charge is 2.13. The van der Waals surface area contributed by atoms with Crippen LogP contribution in [0.4, 0.5) is 0 Å². The zero-order chi connectivity index (χ0) is 12.5. The molecule has 2 N–H and O–H groups in total. The molecule has 0 aliphatic carbocycles. The van der Waals surface area contributed by atoms with E-state index in [1.807, 2.05) is 29.8 Å². The maximum atomic E-state index is 11.1. The second kappa shape index (κ2) is 4.27. The summed E-state index contributed by atoms with van der Waals surface area (Å²) in [5.41, 5.74) is 2.77. The first-order valence-corrected chi connectivity index (χ1v) is 6.34. The summed E-state index contributed by atoms with van der Waals surface area (Å²) in [7, 11) is 0. The van der Waals surface area contributed by atoms with Crippen molar-refractivity contribution in [3.63, 3.8) is 0 Å². The fourth-order valence-corrected chi connectivity index (χ4v) is 2.80. The number of pyridine rings is 1. The van der Waals surface area contributed by atoms with E-state index in [-0.39, 0.29) is 0 Å². The molecule has 0 aromatic carbocycles. The van der Waals surface area contributed by atoms with Gasteiger partial charge in [0.15, 0.2) is 0 Å². The summed E-state index contributed by atoms with van der Waals surface area (Å²) in [4.78, 5) is 18.8. The van der Waals surface area contributed by atoms with Crippen molar-refractivity contribution in [1.82, 2.24) is 9.97 Å². The average Bonchev–Trinajstić information content (AvgIpc) is 2.96. The maximum absolute atomic E-state index is 11.1. The minimum Gasteiger partial charge on any atom is -0.477 e. The molecule has 0 unspecified atom stereocenters. The number of hydrogen-bond acceptors (Lipinski definition) is 3. The summed E-state index contributed by atoms with van der Waals surface area (Å²) in [6.45, 7) is 0. The van der Waals surface area contributed by atoms with Crippen LogP contribution in [0.2, 0.25) is 0 Å². The summed E-state index contributed by atoms with van der Waals surface area (Å²) < 4.78 is 0. The van der Waals surface area contributed by atoms with Crippen LogP contribution in [0.15, 0.2) is 36.0 Å². The topological polar surface area (TPSA) is 66.0 Å². The molecule has 3 rings (SSSR count). The first-order valence-electron chi connectivity index (χ1n) is 5.46. The quantitative estimate of drug-likeness (QED) is 0.759. The van der Waals surface area contributed by atoms with Crippen LogP contribution in [-0.2, 0) is 6.42 Å². The van der Waals surface area contributed by atoms with Crippen LogP contribution in [0.5, 0.6) is 0 Å². The first-order chi connectivity index (χ1) is 8.75. The highest BCUT2D eigenvalue weighted by atomic mass is 32.1. The van der Waals surface area contributed by atoms with E-state index in [1.54, 1.807) is 6.20 Å². The molecule has 0 spiro atoms. The molecule has 4 nitrogen and oxygen atoms in total. The van der Waals surface area contributed by atoms with E-state index < -0.39 is 5.97 Å². The zero-order valence-electron chi connectivity index (χ0n) is 9.38. The molecule has 0 aliphatic heterocycles. The van der Waals surface area contributed by atoms with Gasteiger partial charge in [0.2, 0.25) is 0 Å². The minimum atomic E-state index is -0.862. The molecule has 90 valence electrons. The van der Waals surface area contributed by atoms with E-state index in [4.69, 9.17) is 5.11 Å². The van der Waals surface area contributed by atoms with Crippen molar-refractivity contribution >= 4 is 28.3 Å². The van der Waals surface area contributed by atoms with E-state index in [0.717, 1.165) is 22.2 Å². The van der Waals surface area contributed by atoms with Gasteiger partial charge < -0.3 is 10.1 Å². The van der Waals surface area contributed by atoms with Crippen molar-refractivity contribution in [2.75, 3.05) is 0 Å². The third-order valence-electron chi connectivity index (χ3n) is 2.87. The van der Waals surface area contributed by atoms with E-state index >= 15 is 0 Å². The Morgan fingerprint density at radius 2 is 2.22 bits per heavy atom. The van der Waals surface area contributed by atoms with E-state index in [1.165, 1.54) is 11.3 Å². The highest BCUT2D eigenvalue weighted by Crippen LogP contribution is 2.23. The Balaban J connectivity index is 2.04. The zero-order valence-corrected chi connectivity index (χ0v) is 10.2. The SMILES string of the molecule is O=C(O)c1sccc1Cc1ccnc2[nH]ccc12. The van der Waals surface area contributed by atoms with Crippen LogP contribution in [0, 0.1) is 0 Å². The Bertz CT molecular complexity index is 714. The second-order valence-corrected chi connectivity index (χ2v) is 4.88. The molecule has 0 saturated carbocycles. The summed E-state index contributed by atoms with van der Waals surface area (Å²) >= 11 is 1.26. The van der Waals surface area contributed by atoms with Crippen LogP contribution in [0.25, 0.3) is 11.0 Å². The first kappa shape index (κ1) is 11.0. The van der Waals surface area contributed by atoms with Gasteiger partial charge in [0.25, 0.3) is 0 Å². The van der Waals surface area contributed by atoms with Crippen LogP contribution < -0.4 is 0 Å². The number of nitrogens with one attached hydrogen (secondary N) is 1. The van der Waals surface area contributed by atoms with Crippen LogP contribution in [-0.4, -0.2) is 21.0 Å². The number of carboxylic acid groups (broad SMARTS) is 1. The van der Waals surface area contributed by atoms with Gasteiger partial charge in [-0.05, 0) is 41.1 Å². The Labute approximate surface area is 107 Å². The number of aromatic amines is 1. The van der Waals surface area contributed by atoms with Gasteiger partial charge in [-0.15, -0.1) is 11.3 Å². The Hall–Kier alpha value is -2.14. The molecule has 0 bridgehead atoms. The number of nitrogens with zero attached hydrogens (tertiary/aromatic N) is 1. The molecule has 0 saturated heterocycles. The fraction of sp³-hybridized carbons (Fsp3) is 0.0769. The molecular formula is C13H10N2O2S. The van der Waals surface area contributed by atoms with Gasteiger partial charge in [-0.25, -0.2) is 9.78 Å². The predicted octanol–water partition coefficient (Wildman–Crippen LogP) is 2.91. The molecule has 3 heterocycles. The number of hydrogen-bond donors (Lipinski definition) is 2. The Morgan fingerprint density at radius 3 is 3.06 bits per heavy atom. The van der Waals surface area contributed by atoms with Gasteiger partial charge in [0, 0.05) is 17.8 Å². The van der Waals surface area contributed by atoms with Gasteiger partial charge in [-0.3, -0.25) is 0 Å². The van der Waals surface area contributed by atoms with E-state index in [0.29, 0.717) is 11.3 Å². The number of rotatable bonds is 3. The Kier molecular flexibility index (Phi) is 2.60. The van der Waals surface area contributed by atoms with Crippen molar-refractivity contribution in [1.29, 1.82) is 0 Å². The monoisotopic (exact) mass is 258 g/mol. The molecule has 0 amide bonds. The number of aromatic nitrogens is 2. The molecule has 0 fully saturated rings. The predicted molar refractivity (Wildman–Crippen MR) is 70.2 cm³/mol. The number of carbonyl (C=O) groups is 1. The number of fused-ring (bicyclic) bond motifs is 1. The molecule has 0 radical (unpaired) electrons. The third-order valence-corrected chi connectivity index (χ3v) is 3.82. The van der Waals surface area contributed by atoms with Gasteiger partial charge >= 0.3 is 5.97 Å². The molecule has 3 aromatic rings. The molecular weight excluding hydrogens is 248 g/mol. The van der Waals surface area contributed by atoms with Gasteiger partial charge in [-0.2, -0.15) is 0 Å². The van der Waals surface area contributed by atoms with Gasteiger partial charge in [0.1, 0.15) is 10.5 Å². The standard InChI is InChI=1S/C13H10N2O2S/c16-13(17)11-9(3-6-18-11)7-8-1-4-14-12-10(8)2-5-15-12/h1-6H,7H2,(H,14,15)(H,16,17). The van der Waals surface area contributed by atoms with Crippen molar-refractivity contribution in [2.45, 2.75) is 6.42 Å². The normalized spacial score (nSPS) is 10.9. The van der Waals surface area contributed by atoms with E-state index in [9.17, 15) is 4.79 Å². The molecule has 18 heavy (non-hydrogen) atoms. The largest absolute Gasteiger partial charge is 0.477 e. The highest BCUT2D eigenvalue weighted by molar-refractivity contribution is 7.12. The number of aromatic carboxylic acids is 1. The van der Waals surface area contributed by atoms with Gasteiger partial charge in [-0.1, -0.05) is 0 Å². The van der Waals surface area contributed by atoms with E-state index in [2.05, 4.69) is 9.97 Å². The number of carboxylic acids is 1. The lowest BCUT2D eigenvalue weighted by Gasteiger charge is -2.02. The van der Waals surface area contributed by atoms with Crippen LogP contribution in [0.3, 0.4) is 0 Å². The lowest BCUT2D eigenvalue weighted by Crippen LogP contribution is -1.98. The summed E-state index contributed by atoms with van der Waals surface area (Å²) in [6, 6.07) is 5.76.